The van der Waals surface area contributed by atoms with E-state index in [-0.39, 0.29) is 5.91 Å². The Morgan fingerprint density at radius 2 is 2.00 bits per heavy atom. The molecule has 84 valence electrons. The minimum Gasteiger partial charge on any atom is -0.326 e. The van der Waals surface area contributed by atoms with Crippen LogP contribution in [0.25, 0.3) is 6.08 Å². The summed E-state index contributed by atoms with van der Waals surface area (Å²) in [5, 5.41) is 2.61. The van der Waals surface area contributed by atoms with Crippen molar-refractivity contribution in [2.24, 2.45) is 0 Å². The highest BCUT2D eigenvalue weighted by atomic mass is 32.2. The molecule has 1 aliphatic rings. The molecule has 1 aliphatic heterocycles. The maximum atomic E-state index is 11.8. The monoisotopic (exact) mass is 237 g/mol. The van der Waals surface area contributed by atoms with Gasteiger partial charge in [-0.2, -0.15) is 0 Å². The summed E-state index contributed by atoms with van der Waals surface area (Å²) in [7, 11) is -3.28. The van der Waals surface area contributed by atoms with Crippen LogP contribution in [0.5, 0.6) is 0 Å². The molecule has 0 saturated carbocycles. The molecule has 1 aromatic rings. The topological polar surface area (TPSA) is 63.2 Å². The molecule has 1 N–H and O–H groups in total. The average molecular weight is 237 g/mol. The number of nitrogens with one attached hydrogen (secondary N) is 1. The van der Waals surface area contributed by atoms with Crippen LogP contribution >= 0.6 is 0 Å². The average Bonchev–Trinajstić information content (AvgIpc) is 2.36. The third-order valence-electron chi connectivity index (χ3n) is 2.40. The molecule has 1 heterocycles. The fraction of sp³-hybridized carbons (Fsp3) is 0.182. The maximum absolute atomic E-state index is 11.8. The van der Waals surface area contributed by atoms with E-state index in [1.807, 2.05) is 0 Å². The van der Waals surface area contributed by atoms with E-state index in [4.69, 9.17) is 0 Å². The van der Waals surface area contributed by atoms with Crippen molar-refractivity contribution in [1.82, 2.24) is 0 Å². The second-order valence-corrected chi connectivity index (χ2v) is 5.78. The fourth-order valence-corrected chi connectivity index (χ4v) is 2.96. The van der Waals surface area contributed by atoms with Gasteiger partial charge in [0, 0.05) is 17.5 Å². The largest absolute Gasteiger partial charge is 0.326 e. The lowest BCUT2D eigenvalue weighted by atomic mass is 10.2. The number of rotatable bonds is 1. The Kier molecular flexibility index (Phi) is 2.35. The highest BCUT2D eigenvalue weighted by Gasteiger charge is 2.26. The van der Waals surface area contributed by atoms with Crippen LogP contribution in [0.15, 0.2) is 28.0 Å². The van der Waals surface area contributed by atoms with E-state index in [1.165, 1.54) is 13.0 Å². The van der Waals surface area contributed by atoms with Gasteiger partial charge in [0.25, 0.3) is 0 Å². The smallest absolute Gasteiger partial charge is 0.221 e. The zero-order valence-electron chi connectivity index (χ0n) is 8.94. The second kappa shape index (κ2) is 3.45. The molecule has 0 aliphatic carbocycles. The van der Waals surface area contributed by atoms with Gasteiger partial charge in [0.2, 0.25) is 15.7 Å². The molecule has 16 heavy (non-hydrogen) atoms. The zero-order valence-corrected chi connectivity index (χ0v) is 9.76. The van der Waals surface area contributed by atoms with Gasteiger partial charge < -0.3 is 5.32 Å². The zero-order chi connectivity index (χ0) is 11.9. The number of carbonyl (C=O) groups excluding carboxylic acids is 1. The molecule has 0 unspecified atom stereocenters. The molecular formula is C11H11NO3S. The minimum atomic E-state index is -3.28. The van der Waals surface area contributed by atoms with E-state index >= 15 is 0 Å². The predicted molar refractivity (Wildman–Crippen MR) is 61.6 cm³/mol. The molecule has 5 heteroatoms. The summed E-state index contributed by atoms with van der Waals surface area (Å²) >= 11 is 0. The standard InChI is InChI=1S/C11H11NO3S/c1-7-5-9-6-10(12-8(2)13)3-4-11(9)16(7,14)15/h3-6H,1-2H3,(H,12,13). The molecule has 2 rings (SSSR count). The summed E-state index contributed by atoms with van der Waals surface area (Å²) in [5.41, 5.74) is 1.23. The van der Waals surface area contributed by atoms with Crippen LogP contribution < -0.4 is 5.32 Å². The van der Waals surface area contributed by atoms with Gasteiger partial charge in [0.05, 0.1) is 4.90 Å². The van der Waals surface area contributed by atoms with Crippen LogP contribution in [0.1, 0.15) is 19.4 Å². The van der Waals surface area contributed by atoms with Crippen molar-refractivity contribution < 1.29 is 13.2 Å². The molecule has 0 saturated heterocycles. The maximum Gasteiger partial charge on any atom is 0.221 e. The quantitative estimate of drug-likeness (QED) is 0.810. The molecule has 0 fully saturated rings. The van der Waals surface area contributed by atoms with Gasteiger partial charge >= 0.3 is 0 Å². The molecule has 0 atom stereocenters. The summed E-state index contributed by atoms with van der Waals surface area (Å²) in [6.45, 7) is 2.97. The highest BCUT2D eigenvalue weighted by Crippen LogP contribution is 2.33. The first-order chi connectivity index (χ1) is 7.41. The summed E-state index contributed by atoms with van der Waals surface area (Å²) in [6, 6.07) is 4.76. The first kappa shape index (κ1) is 10.9. The first-order valence-corrected chi connectivity index (χ1v) is 6.24. The molecule has 0 bridgehead atoms. The number of hydrogen-bond acceptors (Lipinski definition) is 3. The van der Waals surface area contributed by atoms with Gasteiger partial charge in [-0.15, -0.1) is 0 Å². The number of benzene rings is 1. The Hall–Kier alpha value is -1.62. The Balaban J connectivity index is 2.51. The Morgan fingerprint density at radius 3 is 2.62 bits per heavy atom. The van der Waals surface area contributed by atoms with Gasteiger partial charge in [-0.05, 0) is 36.8 Å². The number of amides is 1. The molecule has 1 amide bonds. The van der Waals surface area contributed by atoms with Crippen LogP contribution in [0.2, 0.25) is 0 Å². The number of anilines is 1. The number of fused-ring (bicyclic) bond motifs is 1. The van der Waals surface area contributed by atoms with Crippen LogP contribution in [-0.4, -0.2) is 14.3 Å². The number of allylic oxidation sites excluding steroid dienone is 1. The lowest BCUT2D eigenvalue weighted by Crippen LogP contribution is -2.06. The third-order valence-corrected chi connectivity index (χ3v) is 4.32. The Morgan fingerprint density at radius 1 is 1.31 bits per heavy atom. The van der Waals surface area contributed by atoms with Crippen molar-refractivity contribution in [3.63, 3.8) is 0 Å². The lowest BCUT2D eigenvalue weighted by Gasteiger charge is -2.04. The highest BCUT2D eigenvalue weighted by molar-refractivity contribution is 7.95. The molecule has 1 aromatic carbocycles. The van der Waals surface area contributed by atoms with Crippen molar-refractivity contribution in [3.8, 4) is 0 Å². The van der Waals surface area contributed by atoms with Gasteiger partial charge in [-0.1, -0.05) is 0 Å². The molecule has 0 spiro atoms. The minimum absolute atomic E-state index is 0.179. The molecule has 0 radical (unpaired) electrons. The van der Waals surface area contributed by atoms with Crippen molar-refractivity contribution in [2.75, 3.05) is 5.32 Å². The van der Waals surface area contributed by atoms with Crippen LogP contribution in [0, 0.1) is 0 Å². The second-order valence-electron chi connectivity index (χ2n) is 3.69. The van der Waals surface area contributed by atoms with Gasteiger partial charge in [-0.3, -0.25) is 4.79 Å². The summed E-state index contributed by atoms with van der Waals surface area (Å²) < 4.78 is 23.5. The predicted octanol–water partition coefficient (Wildman–Crippen LogP) is 1.79. The third kappa shape index (κ3) is 1.63. The van der Waals surface area contributed by atoms with E-state index in [1.54, 1.807) is 25.1 Å². The SMILES string of the molecule is CC(=O)Nc1ccc2c(c1)C=C(C)S2(=O)=O. The van der Waals surface area contributed by atoms with Gasteiger partial charge in [0.15, 0.2) is 0 Å². The summed E-state index contributed by atoms with van der Waals surface area (Å²) in [4.78, 5) is 11.5. The van der Waals surface area contributed by atoms with Gasteiger partial charge in [0.1, 0.15) is 0 Å². The summed E-state index contributed by atoms with van der Waals surface area (Å²) in [6.07, 6.45) is 1.61. The van der Waals surface area contributed by atoms with E-state index < -0.39 is 9.84 Å². The molecule has 0 aromatic heterocycles. The number of hydrogen-bond donors (Lipinski definition) is 1. The number of carbonyl (C=O) groups is 1. The van der Waals surface area contributed by atoms with Crippen LogP contribution in [0.3, 0.4) is 0 Å². The van der Waals surface area contributed by atoms with Crippen molar-refractivity contribution in [3.05, 3.63) is 28.7 Å². The van der Waals surface area contributed by atoms with Crippen LogP contribution in [-0.2, 0) is 14.6 Å². The van der Waals surface area contributed by atoms with E-state index in [0.717, 1.165) is 0 Å². The normalized spacial score (nSPS) is 16.5. The van der Waals surface area contributed by atoms with Crippen LogP contribution in [0.4, 0.5) is 5.69 Å². The fourth-order valence-electron chi connectivity index (χ4n) is 1.66. The molecule has 4 nitrogen and oxygen atoms in total. The van der Waals surface area contributed by atoms with Crippen molar-refractivity contribution >= 4 is 27.5 Å². The first-order valence-electron chi connectivity index (χ1n) is 4.76. The van der Waals surface area contributed by atoms with Gasteiger partial charge in [-0.25, -0.2) is 8.42 Å². The Bertz CT molecular complexity index is 600. The van der Waals surface area contributed by atoms with E-state index in [2.05, 4.69) is 5.32 Å². The molecular weight excluding hydrogens is 226 g/mol. The van der Waals surface area contributed by atoms with Crippen molar-refractivity contribution in [2.45, 2.75) is 18.7 Å². The lowest BCUT2D eigenvalue weighted by molar-refractivity contribution is -0.114. The number of sulfone groups is 1. The van der Waals surface area contributed by atoms with E-state index in [9.17, 15) is 13.2 Å². The van der Waals surface area contributed by atoms with Crippen molar-refractivity contribution in [1.29, 1.82) is 0 Å². The summed E-state index contributed by atoms with van der Waals surface area (Å²) in [5.74, 6) is -0.179. The van der Waals surface area contributed by atoms with E-state index in [0.29, 0.717) is 21.1 Å². The Labute approximate surface area is 93.9 Å².